The van der Waals surface area contributed by atoms with Gasteiger partial charge in [0.2, 0.25) is 11.6 Å². The van der Waals surface area contributed by atoms with Crippen molar-refractivity contribution in [2.75, 3.05) is 5.73 Å². The number of benzene rings is 2. The number of nitrogens with one attached hydrogen (secondary N) is 1. The van der Waals surface area contributed by atoms with Gasteiger partial charge in [0.1, 0.15) is 5.75 Å². The molecule has 2 heterocycles. The first-order valence-electron chi connectivity index (χ1n) is 10.8. The van der Waals surface area contributed by atoms with Crippen molar-refractivity contribution < 1.29 is 14.5 Å². The van der Waals surface area contributed by atoms with E-state index in [1.165, 1.54) is 16.4 Å². The topological polar surface area (TPSA) is 157 Å². The van der Waals surface area contributed by atoms with Crippen molar-refractivity contribution in [1.82, 2.24) is 30.7 Å². The number of phenols is 1. The molecule has 0 bridgehead atoms. The van der Waals surface area contributed by atoms with Gasteiger partial charge in [-0.3, -0.25) is 4.79 Å². The number of carbonyl (C=O) groups is 1. The number of rotatable bonds is 9. The van der Waals surface area contributed by atoms with Gasteiger partial charge in [-0.15, -0.1) is 16.9 Å². The molecule has 0 unspecified atom stereocenters. The predicted octanol–water partition coefficient (Wildman–Crippen LogP) is 3.47. The quantitative estimate of drug-likeness (QED) is 0.181. The average Bonchev–Trinajstić information content (AvgIpc) is 3.47. The zero-order chi connectivity index (χ0) is 24.8. The summed E-state index contributed by atoms with van der Waals surface area (Å²) in [5.74, 6) is 0.157. The lowest BCUT2D eigenvalue weighted by Crippen LogP contribution is -2.22. The molecule has 2 aromatic carbocycles. The van der Waals surface area contributed by atoms with Crippen LogP contribution in [0.1, 0.15) is 47.1 Å². The maximum atomic E-state index is 13.1. The van der Waals surface area contributed by atoms with Crippen molar-refractivity contribution in [1.29, 1.82) is 0 Å². The van der Waals surface area contributed by atoms with Gasteiger partial charge in [0.05, 0.1) is 11.4 Å². The first kappa shape index (κ1) is 24.0. The minimum Gasteiger partial charge on any atom is -0.508 e. The van der Waals surface area contributed by atoms with Crippen molar-refractivity contribution in [3.8, 4) is 11.6 Å². The zero-order valence-electron chi connectivity index (χ0n) is 19.2. The first-order valence-corrected chi connectivity index (χ1v) is 11.8. The molecule has 35 heavy (non-hydrogen) atoms. The fourth-order valence-corrected chi connectivity index (χ4v) is 4.12. The number of nitrogens with zero attached hydrogens (tertiary/aromatic N) is 6. The summed E-state index contributed by atoms with van der Waals surface area (Å²) in [7, 11) is 0. The minimum absolute atomic E-state index is 0.0269. The van der Waals surface area contributed by atoms with Crippen molar-refractivity contribution in [2.24, 2.45) is 5.10 Å². The standard InChI is InChI=1S/C23H24N8O3S/c1-3-4-18(15-7-9-16(32)10-8-15)25-27-23(33)20-19(13-35-17-11-5-14(2)6-12-17)31(30-26-20)22-21(24)28-34-29-22/h5-12,32H,3-4,13H2,1-2H3,(H2,24,28)(H,27,33)/b25-18-. The van der Waals surface area contributed by atoms with Crippen molar-refractivity contribution in [2.45, 2.75) is 37.3 Å². The molecule has 0 radical (unpaired) electrons. The molecule has 4 aromatic rings. The normalized spacial score (nSPS) is 11.5. The fourth-order valence-electron chi connectivity index (χ4n) is 3.23. The number of hydrogen-bond acceptors (Lipinski definition) is 10. The first-order chi connectivity index (χ1) is 17.0. The molecule has 2 aromatic heterocycles. The maximum absolute atomic E-state index is 13.1. The Hall–Kier alpha value is -4.19. The average molecular weight is 493 g/mol. The number of carbonyl (C=O) groups excluding carboxylic acids is 1. The van der Waals surface area contributed by atoms with Gasteiger partial charge in [-0.25, -0.2) is 10.1 Å². The van der Waals surface area contributed by atoms with E-state index in [4.69, 9.17) is 10.4 Å². The molecule has 0 fully saturated rings. The Morgan fingerprint density at radius 2 is 1.91 bits per heavy atom. The van der Waals surface area contributed by atoms with E-state index in [0.717, 1.165) is 22.4 Å². The second-order valence-electron chi connectivity index (χ2n) is 7.67. The largest absolute Gasteiger partial charge is 0.508 e. The number of anilines is 1. The molecule has 0 aliphatic carbocycles. The van der Waals surface area contributed by atoms with Crippen LogP contribution in [0.2, 0.25) is 0 Å². The number of aromatic nitrogens is 5. The number of hydrogen-bond donors (Lipinski definition) is 3. The van der Waals surface area contributed by atoms with Crippen LogP contribution in [0.25, 0.3) is 5.82 Å². The Morgan fingerprint density at radius 3 is 2.57 bits per heavy atom. The van der Waals surface area contributed by atoms with Crippen LogP contribution in [0, 0.1) is 6.92 Å². The second-order valence-corrected chi connectivity index (χ2v) is 8.72. The zero-order valence-corrected chi connectivity index (χ0v) is 20.0. The van der Waals surface area contributed by atoms with E-state index in [1.54, 1.807) is 24.3 Å². The van der Waals surface area contributed by atoms with Crippen LogP contribution >= 0.6 is 11.8 Å². The molecule has 12 heteroatoms. The smallest absolute Gasteiger partial charge is 0.293 e. The van der Waals surface area contributed by atoms with Crippen LogP contribution in [0.4, 0.5) is 5.82 Å². The maximum Gasteiger partial charge on any atom is 0.293 e. The Bertz CT molecular complexity index is 1330. The van der Waals surface area contributed by atoms with E-state index < -0.39 is 5.91 Å². The molecular formula is C23H24N8O3S. The van der Waals surface area contributed by atoms with Gasteiger partial charge in [0, 0.05) is 10.6 Å². The highest BCUT2D eigenvalue weighted by Crippen LogP contribution is 2.26. The Balaban J connectivity index is 1.62. The molecule has 0 aliphatic heterocycles. The van der Waals surface area contributed by atoms with E-state index in [2.05, 4.69) is 31.2 Å². The lowest BCUT2D eigenvalue weighted by atomic mass is 10.1. The molecule has 1 amide bonds. The van der Waals surface area contributed by atoms with E-state index in [9.17, 15) is 9.90 Å². The summed E-state index contributed by atoms with van der Waals surface area (Å²) in [6, 6.07) is 14.7. The SMILES string of the molecule is CCC/C(=N/NC(=O)c1nnn(-c2nonc2N)c1CSc1ccc(C)cc1)c1ccc(O)cc1. The summed E-state index contributed by atoms with van der Waals surface area (Å²) in [6.45, 7) is 4.03. The molecular weight excluding hydrogens is 468 g/mol. The number of aryl methyl sites for hydroxylation is 1. The van der Waals surface area contributed by atoms with Gasteiger partial charge in [0.15, 0.2) is 5.69 Å². The molecule has 0 saturated heterocycles. The number of nitrogens with two attached hydrogens (primary N) is 1. The minimum atomic E-state index is -0.529. The molecule has 0 atom stereocenters. The Labute approximate surface area is 205 Å². The molecule has 11 nitrogen and oxygen atoms in total. The highest BCUT2D eigenvalue weighted by Gasteiger charge is 2.24. The van der Waals surface area contributed by atoms with Crippen molar-refractivity contribution in [3.05, 3.63) is 71.0 Å². The molecule has 0 saturated carbocycles. The van der Waals surface area contributed by atoms with Gasteiger partial charge < -0.3 is 10.8 Å². The Kier molecular flexibility index (Phi) is 7.41. The highest BCUT2D eigenvalue weighted by atomic mass is 32.2. The third-order valence-electron chi connectivity index (χ3n) is 5.05. The van der Waals surface area contributed by atoms with Crippen LogP contribution in [0.5, 0.6) is 5.75 Å². The number of phenolic OH excluding ortho intramolecular Hbond substituents is 1. The highest BCUT2D eigenvalue weighted by molar-refractivity contribution is 7.98. The van der Waals surface area contributed by atoms with Gasteiger partial charge in [-0.1, -0.05) is 36.3 Å². The molecule has 0 spiro atoms. The molecule has 0 aliphatic rings. The molecule has 4 N–H and O–H groups in total. The van der Waals surface area contributed by atoms with E-state index in [1.807, 2.05) is 38.1 Å². The third-order valence-corrected chi connectivity index (χ3v) is 6.07. The van der Waals surface area contributed by atoms with Crippen LogP contribution in [0.15, 0.2) is 63.2 Å². The van der Waals surface area contributed by atoms with Crippen molar-refractivity contribution >= 4 is 29.2 Å². The van der Waals surface area contributed by atoms with Crippen LogP contribution in [-0.2, 0) is 5.75 Å². The number of amides is 1. The summed E-state index contributed by atoms with van der Waals surface area (Å²) in [5, 5.41) is 29.4. The summed E-state index contributed by atoms with van der Waals surface area (Å²) in [6.07, 6.45) is 1.46. The third kappa shape index (κ3) is 5.66. The Morgan fingerprint density at radius 1 is 1.17 bits per heavy atom. The number of nitrogen functional groups attached to an aromatic ring is 1. The van der Waals surface area contributed by atoms with Gasteiger partial charge >= 0.3 is 0 Å². The van der Waals surface area contributed by atoms with Crippen LogP contribution in [-0.4, -0.2) is 42.0 Å². The summed E-state index contributed by atoms with van der Waals surface area (Å²) in [5.41, 5.74) is 11.6. The summed E-state index contributed by atoms with van der Waals surface area (Å²) >= 11 is 1.51. The fraction of sp³-hybridized carbons (Fsp3) is 0.217. The lowest BCUT2D eigenvalue weighted by Gasteiger charge is -2.08. The number of hydrazone groups is 1. The summed E-state index contributed by atoms with van der Waals surface area (Å²) < 4.78 is 6.05. The summed E-state index contributed by atoms with van der Waals surface area (Å²) in [4.78, 5) is 14.1. The van der Waals surface area contributed by atoms with Crippen LogP contribution < -0.4 is 11.2 Å². The monoisotopic (exact) mass is 492 g/mol. The van der Waals surface area contributed by atoms with E-state index in [0.29, 0.717) is 23.6 Å². The second kappa shape index (κ2) is 10.8. The van der Waals surface area contributed by atoms with Crippen molar-refractivity contribution in [3.63, 3.8) is 0 Å². The molecule has 180 valence electrons. The van der Waals surface area contributed by atoms with Crippen LogP contribution in [0.3, 0.4) is 0 Å². The van der Waals surface area contributed by atoms with E-state index >= 15 is 0 Å². The number of aromatic hydroxyl groups is 1. The van der Waals surface area contributed by atoms with Gasteiger partial charge in [-0.05, 0) is 65.6 Å². The number of thioether (sulfide) groups is 1. The molecule has 4 rings (SSSR count). The van der Waals surface area contributed by atoms with Gasteiger partial charge in [-0.2, -0.15) is 9.78 Å². The van der Waals surface area contributed by atoms with Gasteiger partial charge in [0.25, 0.3) is 5.91 Å². The lowest BCUT2D eigenvalue weighted by molar-refractivity contribution is 0.0949. The van der Waals surface area contributed by atoms with E-state index in [-0.39, 0.29) is 23.1 Å². The predicted molar refractivity (Wildman–Crippen MR) is 131 cm³/mol.